The van der Waals surface area contributed by atoms with Crippen LogP contribution in [-0.4, -0.2) is 28.6 Å². The molecule has 0 fully saturated rings. The molecule has 2 aromatic rings. The summed E-state index contributed by atoms with van der Waals surface area (Å²) < 4.78 is 50.6. The fourth-order valence-corrected chi connectivity index (χ4v) is 1.85. The number of benzene rings is 2. The van der Waals surface area contributed by atoms with Crippen LogP contribution in [-0.2, 0) is 4.79 Å². The van der Waals surface area contributed by atoms with Crippen molar-refractivity contribution in [2.45, 2.75) is 18.7 Å². The van der Waals surface area contributed by atoms with Crippen LogP contribution in [0.25, 0.3) is 0 Å². The summed E-state index contributed by atoms with van der Waals surface area (Å²) in [6, 6.07) is 9.89. The molecule has 0 aliphatic carbocycles. The van der Waals surface area contributed by atoms with Gasteiger partial charge in [0.25, 0.3) is 5.91 Å². The molecular formula is C17H13F4NO3. The largest absolute Gasteiger partial charge is 0.426 e. The van der Waals surface area contributed by atoms with Gasteiger partial charge in [0.1, 0.15) is 5.82 Å². The molecule has 25 heavy (non-hydrogen) atoms. The van der Waals surface area contributed by atoms with E-state index in [1.165, 1.54) is 36.4 Å². The van der Waals surface area contributed by atoms with Crippen LogP contribution < -0.4 is 5.32 Å². The Morgan fingerprint density at radius 1 is 0.920 bits per heavy atom. The highest BCUT2D eigenvalue weighted by Gasteiger charge is 2.55. The zero-order chi connectivity index (χ0) is 18.8. The van der Waals surface area contributed by atoms with E-state index in [9.17, 15) is 32.3 Å². The number of rotatable bonds is 4. The van der Waals surface area contributed by atoms with Gasteiger partial charge in [0.15, 0.2) is 5.78 Å². The zero-order valence-corrected chi connectivity index (χ0v) is 12.9. The van der Waals surface area contributed by atoms with E-state index in [2.05, 4.69) is 0 Å². The molecule has 0 aliphatic heterocycles. The molecule has 0 saturated heterocycles. The molecule has 2 rings (SSSR count). The molecule has 0 bridgehead atoms. The smallest absolute Gasteiger partial charge is 0.373 e. The molecule has 0 aliphatic rings. The topological polar surface area (TPSA) is 66.4 Å². The zero-order valence-electron chi connectivity index (χ0n) is 12.9. The maximum Gasteiger partial charge on any atom is 0.426 e. The van der Waals surface area contributed by atoms with Crippen molar-refractivity contribution >= 4 is 17.4 Å². The molecule has 1 unspecified atom stereocenters. The van der Waals surface area contributed by atoms with Crippen molar-refractivity contribution < 1.29 is 32.3 Å². The van der Waals surface area contributed by atoms with E-state index < -0.39 is 29.3 Å². The normalized spacial score (nSPS) is 13.8. The van der Waals surface area contributed by atoms with E-state index in [4.69, 9.17) is 0 Å². The van der Waals surface area contributed by atoms with Crippen LogP contribution in [0.5, 0.6) is 0 Å². The average Bonchev–Trinajstić information content (AvgIpc) is 2.54. The minimum absolute atomic E-state index is 0.0230. The van der Waals surface area contributed by atoms with Crippen molar-refractivity contribution in [2.75, 3.05) is 5.32 Å². The SMILES string of the molecule is CC(O)(C(=O)Nc1ccc(C(=O)c2ccc(F)cc2)cc1)C(F)(F)F. The Morgan fingerprint density at radius 2 is 1.36 bits per heavy atom. The van der Waals surface area contributed by atoms with E-state index in [0.29, 0.717) is 6.92 Å². The van der Waals surface area contributed by atoms with Crippen molar-refractivity contribution in [3.63, 3.8) is 0 Å². The Labute approximate surface area is 140 Å². The predicted molar refractivity (Wildman–Crippen MR) is 81.6 cm³/mol. The summed E-state index contributed by atoms with van der Waals surface area (Å²) in [7, 11) is 0. The summed E-state index contributed by atoms with van der Waals surface area (Å²) in [5.41, 5.74) is -3.13. The highest BCUT2D eigenvalue weighted by Crippen LogP contribution is 2.31. The van der Waals surface area contributed by atoms with E-state index in [0.717, 1.165) is 12.1 Å². The first-order chi connectivity index (χ1) is 11.5. The van der Waals surface area contributed by atoms with Crippen LogP contribution in [0.1, 0.15) is 22.8 Å². The maximum absolute atomic E-state index is 12.9. The lowest BCUT2D eigenvalue weighted by Gasteiger charge is -2.24. The Hall–Kier alpha value is -2.74. The fourth-order valence-electron chi connectivity index (χ4n) is 1.85. The number of hydrogen-bond donors (Lipinski definition) is 2. The third kappa shape index (κ3) is 4.03. The third-order valence-electron chi connectivity index (χ3n) is 3.51. The fraction of sp³-hybridized carbons (Fsp3) is 0.176. The second kappa shape index (κ2) is 6.64. The van der Waals surface area contributed by atoms with Gasteiger partial charge in [0.2, 0.25) is 5.60 Å². The van der Waals surface area contributed by atoms with Crippen LogP contribution in [0, 0.1) is 5.82 Å². The van der Waals surface area contributed by atoms with Gasteiger partial charge in [-0.05, 0) is 55.5 Å². The third-order valence-corrected chi connectivity index (χ3v) is 3.51. The van der Waals surface area contributed by atoms with Gasteiger partial charge in [0, 0.05) is 16.8 Å². The summed E-state index contributed by atoms with van der Waals surface area (Å²) in [5, 5.41) is 11.2. The molecule has 0 saturated carbocycles. The van der Waals surface area contributed by atoms with Gasteiger partial charge in [-0.3, -0.25) is 9.59 Å². The average molecular weight is 355 g/mol. The predicted octanol–water partition coefficient (Wildman–Crippen LogP) is 3.31. The Kier molecular flexibility index (Phi) is 4.94. The number of nitrogens with one attached hydrogen (secondary N) is 1. The summed E-state index contributed by atoms with van der Waals surface area (Å²) >= 11 is 0. The minimum atomic E-state index is -5.13. The molecule has 0 aromatic heterocycles. The number of anilines is 1. The summed E-state index contributed by atoms with van der Waals surface area (Å²) in [4.78, 5) is 23.8. The van der Waals surface area contributed by atoms with Crippen LogP contribution in [0.2, 0.25) is 0 Å². The van der Waals surface area contributed by atoms with Crippen molar-refractivity contribution in [1.29, 1.82) is 0 Å². The molecule has 1 amide bonds. The van der Waals surface area contributed by atoms with Crippen molar-refractivity contribution in [3.8, 4) is 0 Å². The maximum atomic E-state index is 12.9. The van der Waals surface area contributed by atoms with E-state index >= 15 is 0 Å². The Morgan fingerprint density at radius 3 is 1.80 bits per heavy atom. The van der Waals surface area contributed by atoms with Gasteiger partial charge >= 0.3 is 6.18 Å². The molecule has 0 spiro atoms. The van der Waals surface area contributed by atoms with Gasteiger partial charge in [-0.25, -0.2) is 4.39 Å². The number of alkyl halides is 3. The first-order valence-corrected chi connectivity index (χ1v) is 7.03. The summed E-state index contributed by atoms with van der Waals surface area (Å²) in [6.07, 6.45) is -5.13. The quantitative estimate of drug-likeness (QED) is 0.653. The monoisotopic (exact) mass is 355 g/mol. The first kappa shape index (κ1) is 18.6. The van der Waals surface area contributed by atoms with Gasteiger partial charge in [0.05, 0.1) is 0 Å². The van der Waals surface area contributed by atoms with E-state index in [1.807, 2.05) is 5.32 Å². The van der Waals surface area contributed by atoms with Crippen LogP contribution in [0.3, 0.4) is 0 Å². The van der Waals surface area contributed by atoms with Crippen molar-refractivity contribution in [3.05, 3.63) is 65.5 Å². The van der Waals surface area contributed by atoms with Crippen molar-refractivity contribution in [1.82, 2.24) is 0 Å². The number of carbonyl (C=O) groups excluding carboxylic acids is 2. The lowest BCUT2D eigenvalue weighted by Crippen LogP contribution is -2.52. The van der Waals surface area contributed by atoms with E-state index in [1.54, 1.807) is 0 Å². The molecule has 8 heteroatoms. The Balaban J connectivity index is 2.13. The van der Waals surface area contributed by atoms with Crippen LogP contribution in [0.4, 0.5) is 23.2 Å². The Bertz CT molecular complexity index is 781. The standard InChI is InChI=1S/C17H13F4NO3/c1-16(25,17(19,20)21)15(24)22-13-8-4-11(5-9-13)14(23)10-2-6-12(18)7-3-10/h2-9,25H,1H3,(H,22,24). The molecule has 0 heterocycles. The lowest BCUT2D eigenvalue weighted by molar-refractivity contribution is -0.242. The van der Waals surface area contributed by atoms with Crippen molar-refractivity contribution in [2.24, 2.45) is 0 Å². The van der Waals surface area contributed by atoms with E-state index in [-0.39, 0.29) is 16.8 Å². The number of hydrogen-bond acceptors (Lipinski definition) is 3. The van der Waals surface area contributed by atoms with Crippen LogP contribution >= 0.6 is 0 Å². The second-order valence-corrected chi connectivity index (χ2v) is 5.44. The molecule has 0 radical (unpaired) electrons. The highest BCUT2D eigenvalue weighted by atomic mass is 19.4. The number of ketones is 1. The highest BCUT2D eigenvalue weighted by molar-refractivity contribution is 6.09. The van der Waals surface area contributed by atoms with Gasteiger partial charge < -0.3 is 10.4 Å². The van der Waals surface area contributed by atoms with Gasteiger partial charge in [-0.2, -0.15) is 13.2 Å². The molecule has 132 valence electrons. The number of aliphatic hydroxyl groups is 1. The number of carbonyl (C=O) groups is 2. The first-order valence-electron chi connectivity index (χ1n) is 7.03. The van der Waals surface area contributed by atoms with Gasteiger partial charge in [-0.15, -0.1) is 0 Å². The molecule has 2 aromatic carbocycles. The number of amides is 1. The van der Waals surface area contributed by atoms with Crippen LogP contribution in [0.15, 0.2) is 48.5 Å². The summed E-state index contributed by atoms with van der Waals surface area (Å²) in [5.74, 6) is -2.55. The molecule has 2 N–H and O–H groups in total. The van der Waals surface area contributed by atoms with Gasteiger partial charge in [-0.1, -0.05) is 0 Å². The summed E-state index contributed by atoms with van der Waals surface area (Å²) in [6.45, 7) is 0.342. The molecule has 4 nitrogen and oxygen atoms in total. The molecule has 1 atom stereocenters. The minimum Gasteiger partial charge on any atom is -0.373 e. The number of halogens is 4. The molecular weight excluding hydrogens is 342 g/mol. The second-order valence-electron chi connectivity index (χ2n) is 5.44. The lowest BCUT2D eigenvalue weighted by atomic mass is 10.0.